The maximum Gasteiger partial charge on any atom is 0.389 e. The third-order valence-electron chi connectivity index (χ3n) is 4.77. The molecule has 0 aliphatic carbocycles. The first kappa shape index (κ1) is 22.5. The molecule has 4 rings (SSSR count). The number of ketones is 1. The SMILES string of the molecule is C=C(N)[C@@H](CCC(F)(F)F)Nc1nnc(C(=O)c2nc3ccc(-c4ccccc4)cc3s2)o1. The summed E-state index contributed by atoms with van der Waals surface area (Å²) in [4.78, 5) is 17.1. The minimum atomic E-state index is -4.35. The van der Waals surface area contributed by atoms with E-state index in [-0.39, 0.29) is 29.0 Å². The van der Waals surface area contributed by atoms with Gasteiger partial charge in [0.25, 0.3) is 11.7 Å². The average Bonchev–Trinajstić information content (AvgIpc) is 3.42. The summed E-state index contributed by atoms with van der Waals surface area (Å²) >= 11 is 1.18. The van der Waals surface area contributed by atoms with Crippen molar-refractivity contribution in [3.8, 4) is 11.1 Å². The molecule has 0 saturated carbocycles. The van der Waals surface area contributed by atoms with Gasteiger partial charge in [-0.3, -0.25) is 4.79 Å². The van der Waals surface area contributed by atoms with E-state index < -0.39 is 24.4 Å². The Labute approximate surface area is 190 Å². The summed E-state index contributed by atoms with van der Waals surface area (Å²) in [5, 5.41) is 10.1. The molecule has 0 saturated heterocycles. The number of aromatic nitrogens is 3. The number of benzene rings is 2. The van der Waals surface area contributed by atoms with Crippen molar-refractivity contribution in [2.75, 3.05) is 5.32 Å². The van der Waals surface area contributed by atoms with Crippen LogP contribution in [0.1, 0.15) is 28.5 Å². The van der Waals surface area contributed by atoms with Crippen molar-refractivity contribution in [3.63, 3.8) is 0 Å². The smallest absolute Gasteiger partial charge is 0.389 e. The zero-order valence-electron chi connectivity index (χ0n) is 17.1. The molecule has 1 atom stereocenters. The fourth-order valence-electron chi connectivity index (χ4n) is 3.10. The van der Waals surface area contributed by atoms with Crippen molar-refractivity contribution in [1.82, 2.24) is 15.2 Å². The Bertz CT molecular complexity index is 1300. The van der Waals surface area contributed by atoms with Crippen LogP contribution in [0, 0.1) is 0 Å². The lowest BCUT2D eigenvalue weighted by atomic mass is 10.1. The van der Waals surface area contributed by atoms with Crippen molar-refractivity contribution >= 4 is 33.4 Å². The van der Waals surface area contributed by atoms with Crippen LogP contribution in [0.2, 0.25) is 0 Å². The number of halogens is 3. The highest BCUT2D eigenvalue weighted by Crippen LogP contribution is 2.29. The maximum absolute atomic E-state index is 12.8. The second kappa shape index (κ2) is 9.02. The zero-order chi connectivity index (χ0) is 23.6. The molecule has 0 radical (unpaired) electrons. The lowest BCUT2D eigenvalue weighted by Crippen LogP contribution is -2.28. The lowest BCUT2D eigenvalue weighted by molar-refractivity contribution is -0.135. The van der Waals surface area contributed by atoms with Crippen LogP contribution in [-0.4, -0.2) is 33.2 Å². The van der Waals surface area contributed by atoms with Gasteiger partial charge in [0.15, 0.2) is 5.01 Å². The number of fused-ring (bicyclic) bond motifs is 1. The van der Waals surface area contributed by atoms with Crippen LogP contribution in [0.25, 0.3) is 21.3 Å². The molecule has 33 heavy (non-hydrogen) atoms. The van der Waals surface area contributed by atoms with Gasteiger partial charge >= 0.3 is 12.2 Å². The molecule has 0 amide bonds. The first-order valence-corrected chi connectivity index (χ1v) is 10.6. The second-order valence-corrected chi connectivity index (χ2v) is 8.27. The van der Waals surface area contributed by atoms with Crippen LogP contribution < -0.4 is 11.1 Å². The van der Waals surface area contributed by atoms with Crippen LogP contribution >= 0.6 is 11.3 Å². The molecule has 3 N–H and O–H groups in total. The third-order valence-corrected chi connectivity index (χ3v) is 5.79. The van der Waals surface area contributed by atoms with Gasteiger partial charge in [-0.25, -0.2) is 4.98 Å². The molecule has 2 aromatic heterocycles. The predicted molar refractivity (Wildman–Crippen MR) is 119 cm³/mol. The summed E-state index contributed by atoms with van der Waals surface area (Å²) in [5.41, 5.74) is 8.23. The lowest BCUT2D eigenvalue weighted by Gasteiger charge is -2.17. The highest BCUT2D eigenvalue weighted by molar-refractivity contribution is 7.20. The molecule has 0 unspecified atom stereocenters. The number of carbonyl (C=O) groups is 1. The third kappa shape index (κ3) is 5.37. The van der Waals surface area contributed by atoms with E-state index in [1.54, 1.807) is 0 Å². The van der Waals surface area contributed by atoms with Gasteiger partial charge in [0.2, 0.25) is 0 Å². The van der Waals surface area contributed by atoms with Gasteiger partial charge in [-0.05, 0) is 29.7 Å². The summed E-state index contributed by atoms with van der Waals surface area (Å²) in [5.74, 6) is -0.923. The Hall–Kier alpha value is -3.73. The molecule has 0 fully saturated rings. The maximum atomic E-state index is 12.8. The Morgan fingerprint density at radius 1 is 1.15 bits per heavy atom. The number of anilines is 1. The first-order valence-electron chi connectivity index (χ1n) is 9.81. The van der Waals surface area contributed by atoms with Gasteiger partial charge in [0.1, 0.15) is 0 Å². The number of hydrogen-bond donors (Lipinski definition) is 2. The zero-order valence-corrected chi connectivity index (χ0v) is 17.9. The fourth-order valence-corrected chi connectivity index (χ4v) is 4.04. The highest BCUT2D eigenvalue weighted by atomic mass is 32.1. The van der Waals surface area contributed by atoms with Crippen molar-refractivity contribution < 1.29 is 22.4 Å². The van der Waals surface area contributed by atoms with Gasteiger partial charge in [-0.2, -0.15) is 13.2 Å². The number of nitrogens with two attached hydrogens (primary N) is 1. The second-order valence-electron chi connectivity index (χ2n) is 7.23. The number of nitrogens with zero attached hydrogens (tertiary/aromatic N) is 3. The summed E-state index contributed by atoms with van der Waals surface area (Å²) in [6.07, 6.45) is -5.79. The van der Waals surface area contributed by atoms with Crippen molar-refractivity contribution in [1.29, 1.82) is 0 Å². The van der Waals surface area contributed by atoms with Gasteiger partial charge in [0.05, 0.1) is 16.3 Å². The molecule has 2 heterocycles. The number of hydrogen-bond acceptors (Lipinski definition) is 8. The first-order chi connectivity index (χ1) is 15.7. The summed E-state index contributed by atoms with van der Waals surface area (Å²) < 4.78 is 43.7. The highest BCUT2D eigenvalue weighted by Gasteiger charge is 2.29. The quantitative estimate of drug-likeness (QED) is 0.340. The van der Waals surface area contributed by atoms with Crippen LogP contribution in [0.15, 0.2) is 65.2 Å². The molecule has 2 aromatic carbocycles. The molecule has 0 aliphatic heterocycles. The number of nitrogens with one attached hydrogen (secondary N) is 1. The molecule has 170 valence electrons. The standard InChI is InChI=1S/C22H18F3N5O2S/c1-12(26)15(9-10-22(23,24)25)28-21-30-29-19(32-21)18(31)20-27-16-8-7-14(11-17(16)33-20)13-5-3-2-4-6-13/h2-8,11,15H,1,9-10,26H2,(H,28,30)/t15-/m1/s1. The van der Waals surface area contributed by atoms with E-state index in [2.05, 4.69) is 27.1 Å². The van der Waals surface area contributed by atoms with Crippen molar-refractivity contribution in [2.24, 2.45) is 5.73 Å². The Morgan fingerprint density at radius 3 is 2.61 bits per heavy atom. The van der Waals surface area contributed by atoms with E-state index in [1.165, 1.54) is 11.3 Å². The molecular formula is C22H18F3N5O2S. The van der Waals surface area contributed by atoms with Gasteiger partial charge in [0, 0.05) is 12.1 Å². The van der Waals surface area contributed by atoms with Gasteiger partial charge < -0.3 is 15.5 Å². The molecule has 0 spiro atoms. The van der Waals surface area contributed by atoms with Gasteiger partial charge in [-0.15, -0.1) is 16.4 Å². The Kier molecular flexibility index (Phi) is 6.14. The normalized spacial score (nSPS) is 12.6. The molecule has 7 nitrogen and oxygen atoms in total. The summed E-state index contributed by atoms with van der Waals surface area (Å²) in [6.45, 7) is 3.48. The van der Waals surface area contributed by atoms with Crippen molar-refractivity contribution in [2.45, 2.75) is 25.1 Å². The monoisotopic (exact) mass is 473 g/mol. The number of rotatable bonds is 8. The predicted octanol–water partition coefficient (Wildman–Crippen LogP) is 5.17. The molecule has 4 aromatic rings. The van der Waals surface area contributed by atoms with Crippen LogP contribution in [0.3, 0.4) is 0 Å². The van der Waals surface area contributed by atoms with E-state index in [1.807, 2.05) is 48.5 Å². The fraction of sp³-hybridized carbons (Fsp3) is 0.182. The topological polar surface area (TPSA) is 107 Å². The largest absolute Gasteiger partial charge is 0.401 e. The van der Waals surface area contributed by atoms with E-state index in [0.717, 1.165) is 15.8 Å². The van der Waals surface area contributed by atoms with Crippen molar-refractivity contribution in [3.05, 3.63) is 71.7 Å². The van der Waals surface area contributed by atoms with E-state index in [0.29, 0.717) is 5.52 Å². The van der Waals surface area contributed by atoms with E-state index >= 15 is 0 Å². The van der Waals surface area contributed by atoms with Crippen LogP contribution in [-0.2, 0) is 0 Å². The molecule has 0 bridgehead atoms. The van der Waals surface area contributed by atoms with E-state index in [9.17, 15) is 18.0 Å². The van der Waals surface area contributed by atoms with Crippen LogP contribution in [0.4, 0.5) is 19.2 Å². The van der Waals surface area contributed by atoms with E-state index in [4.69, 9.17) is 10.2 Å². The molecule has 0 aliphatic rings. The summed E-state index contributed by atoms with van der Waals surface area (Å²) in [6, 6.07) is 14.3. The summed E-state index contributed by atoms with van der Waals surface area (Å²) in [7, 11) is 0. The number of carbonyl (C=O) groups excluding carboxylic acids is 1. The average molecular weight is 473 g/mol. The number of thiazole rings is 1. The van der Waals surface area contributed by atoms with Gasteiger partial charge in [-0.1, -0.05) is 48.1 Å². The number of alkyl halides is 3. The van der Waals surface area contributed by atoms with Crippen LogP contribution in [0.5, 0.6) is 0 Å². The minimum Gasteiger partial charge on any atom is -0.401 e. The minimum absolute atomic E-state index is 0.0225. The Balaban J connectivity index is 1.51. The molecule has 11 heteroatoms. The Morgan fingerprint density at radius 2 is 1.91 bits per heavy atom. The molecular weight excluding hydrogens is 455 g/mol.